The highest BCUT2D eigenvalue weighted by Crippen LogP contribution is 2.30. The third kappa shape index (κ3) is 3.76. The summed E-state index contributed by atoms with van der Waals surface area (Å²) >= 11 is 6.36. The number of nitrogens with zero attached hydrogens (tertiary/aromatic N) is 1. The number of amides is 1. The van der Waals surface area contributed by atoms with E-state index in [-0.39, 0.29) is 17.9 Å². The molecule has 1 aromatic carbocycles. The monoisotopic (exact) mass is 308 g/mol. The standard InChI is InChI=1S/C16H21ClN2O2/c17-14-4-2-1-3-13(14)15(19-7-9-21-10-8-19)11-18-16(20)12-5-6-12/h1-4,12,15H,5-11H2,(H,18,20). The largest absolute Gasteiger partial charge is 0.379 e. The number of rotatable bonds is 5. The van der Waals surface area contributed by atoms with Gasteiger partial charge >= 0.3 is 0 Å². The third-order valence-electron chi connectivity index (χ3n) is 4.17. The molecule has 1 aromatic rings. The molecule has 1 amide bonds. The molecule has 1 unspecified atom stereocenters. The molecule has 2 aliphatic rings. The first-order valence-corrected chi connectivity index (χ1v) is 7.97. The van der Waals surface area contributed by atoms with Gasteiger partial charge < -0.3 is 10.1 Å². The van der Waals surface area contributed by atoms with Gasteiger partial charge in [0.05, 0.1) is 19.3 Å². The van der Waals surface area contributed by atoms with E-state index in [9.17, 15) is 4.79 Å². The number of nitrogens with one attached hydrogen (secondary N) is 1. The zero-order chi connectivity index (χ0) is 14.7. The third-order valence-corrected chi connectivity index (χ3v) is 4.51. The second-order valence-electron chi connectivity index (χ2n) is 5.71. The van der Waals surface area contributed by atoms with Crippen LogP contribution in [0.3, 0.4) is 0 Å². The number of carbonyl (C=O) groups is 1. The van der Waals surface area contributed by atoms with Crippen LogP contribution in [0.25, 0.3) is 0 Å². The predicted octanol–water partition coefficient (Wildman–Crippen LogP) is 2.24. The molecule has 0 aromatic heterocycles. The van der Waals surface area contributed by atoms with Crippen molar-refractivity contribution >= 4 is 17.5 Å². The number of morpholine rings is 1. The molecule has 1 aliphatic carbocycles. The molecule has 0 bridgehead atoms. The molecule has 1 heterocycles. The molecular formula is C16H21ClN2O2. The summed E-state index contributed by atoms with van der Waals surface area (Å²) in [4.78, 5) is 14.3. The van der Waals surface area contributed by atoms with E-state index in [1.165, 1.54) is 0 Å². The van der Waals surface area contributed by atoms with E-state index in [0.29, 0.717) is 6.54 Å². The van der Waals surface area contributed by atoms with Crippen molar-refractivity contribution in [3.05, 3.63) is 34.9 Å². The van der Waals surface area contributed by atoms with Gasteiger partial charge in [-0.15, -0.1) is 0 Å². The van der Waals surface area contributed by atoms with E-state index >= 15 is 0 Å². The average Bonchev–Trinajstić information content (AvgIpc) is 3.35. The van der Waals surface area contributed by atoms with E-state index in [1.54, 1.807) is 0 Å². The molecule has 0 spiro atoms. The SMILES string of the molecule is O=C(NCC(c1ccccc1Cl)N1CCOCC1)C1CC1. The van der Waals surface area contributed by atoms with Crippen molar-refractivity contribution in [1.82, 2.24) is 10.2 Å². The minimum absolute atomic E-state index is 0.116. The molecule has 21 heavy (non-hydrogen) atoms. The lowest BCUT2D eigenvalue weighted by molar-refractivity contribution is -0.122. The zero-order valence-electron chi connectivity index (χ0n) is 12.1. The fourth-order valence-electron chi connectivity index (χ4n) is 2.76. The molecule has 5 heteroatoms. The minimum Gasteiger partial charge on any atom is -0.379 e. The Hall–Kier alpha value is -1.10. The first kappa shape index (κ1) is 14.8. The quantitative estimate of drug-likeness (QED) is 0.907. The molecule has 2 fully saturated rings. The number of ether oxygens (including phenoxy) is 1. The average molecular weight is 309 g/mol. The Bertz CT molecular complexity index is 499. The van der Waals surface area contributed by atoms with Gasteiger partial charge in [0.2, 0.25) is 5.91 Å². The van der Waals surface area contributed by atoms with Gasteiger partial charge in [-0.05, 0) is 24.5 Å². The van der Waals surface area contributed by atoms with Crippen LogP contribution in [0.15, 0.2) is 24.3 Å². The molecule has 114 valence electrons. The number of hydrogen-bond donors (Lipinski definition) is 1. The van der Waals surface area contributed by atoms with Crippen LogP contribution in [-0.4, -0.2) is 43.7 Å². The fourth-order valence-corrected chi connectivity index (χ4v) is 3.02. The summed E-state index contributed by atoms with van der Waals surface area (Å²) in [5.41, 5.74) is 1.08. The van der Waals surface area contributed by atoms with E-state index in [0.717, 1.165) is 49.7 Å². The molecule has 1 N–H and O–H groups in total. The molecule has 1 saturated heterocycles. The van der Waals surface area contributed by atoms with Gasteiger partial charge in [0.25, 0.3) is 0 Å². The topological polar surface area (TPSA) is 41.6 Å². The van der Waals surface area contributed by atoms with Gasteiger partial charge in [0.15, 0.2) is 0 Å². The van der Waals surface area contributed by atoms with E-state index in [1.807, 2.05) is 24.3 Å². The Morgan fingerprint density at radius 1 is 1.33 bits per heavy atom. The van der Waals surface area contributed by atoms with Gasteiger partial charge in [-0.3, -0.25) is 9.69 Å². The lowest BCUT2D eigenvalue weighted by atomic mass is 10.0. The Morgan fingerprint density at radius 2 is 2.05 bits per heavy atom. The van der Waals surface area contributed by atoms with Crippen LogP contribution in [-0.2, 0) is 9.53 Å². The lowest BCUT2D eigenvalue weighted by Crippen LogP contribution is -2.44. The predicted molar refractivity (Wildman–Crippen MR) is 82.3 cm³/mol. The smallest absolute Gasteiger partial charge is 0.223 e. The van der Waals surface area contributed by atoms with Crippen molar-refractivity contribution in [2.45, 2.75) is 18.9 Å². The van der Waals surface area contributed by atoms with Crippen LogP contribution in [0.5, 0.6) is 0 Å². The van der Waals surface area contributed by atoms with Crippen LogP contribution >= 0.6 is 11.6 Å². The van der Waals surface area contributed by atoms with Gasteiger partial charge in [0.1, 0.15) is 0 Å². The molecule has 3 rings (SSSR count). The van der Waals surface area contributed by atoms with E-state index < -0.39 is 0 Å². The van der Waals surface area contributed by atoms with Crippen LogP contribution in [0.1, 0.15) is 24.4 Å². The van der Waals surface area contributed by atoms with Crippen LogP contribution < -0.4 is 5.32 Å². The van der Waals surface area contributed by atoms with Crippen LogP contribution in [0, 0.1) is 5.92 Å². The second-order valence-corrected chi connectivity index (χ2v) is 6.11. The number of carbonyl (C=O) groups excluding carboxylic acids is 1. The Balaban J connectivity index is 1.73. The Kier molecular flexibility index (Phi) is 4.78. The van der Waals surface area contributed by atoms with Crippen molar-refractivity contribution in [3.8, 4) is 0 Å². The lowest BCUT2D eigenvalue weighted by Gasteiger charge is -2.35. The summed E-state index contributed by atoms with van der Waals surface area (Å²) in [7, 11) is 0. The molecule has 4 nitrogen and oxygen atoms in total. The van der Waals surface area contributed by atoms with Crippen molar-refractivity contribution in [1.29, 1.82) is 0 Å². The van der Waals surface area contributed by atoms with Crippen LogP contribution in [0.2, 0.25) is 5.02 Å². The molecular weight excluding hydrogens is 288 g/mol. The highest BCUT2D eigenvalue weighted by atomic mass is 35.5. The normalized spacial score (nSPS) is 21.0. The fraction of sp³-hybridized carbons (Fsp3) is 0.562. The molecule has 1 aliphatic heterocycles. The summed E-state index contributed by atoms with van der Waals surface area (Å²) in [6.07, 6.45) is 2.06. The number of halogens is 1. The van der Waals surface area contributed by atoms with E-state index in [4.69, 9.17) is 16.3 Å². The number of hydrogen-bond acceptors (Lipinski definition) is 3. The van der Waals surface area contributed by atoms with E-state index in [2.05, 4.69) is 10.2 Å². The first-order chi connectivity index (χ1) is 10.3. The van der Waals surface area contributed by atoms with Crippen molar-refractivity contribution in [3.63, 3.8) is 0 Å². The Morgan fingerprint density at radius 3 is 2.71 bits per heavy atom. The maximum atomic E-state index is 11.9. The van der Waals surface area contributed by atoms with Gasteiger partial charge in [-0.1, -0.05) is 29.8 Å². The summed E-state index contributed by atoms with van der Waals surface area (Å²) in [5, 5.41) is 3.85. The minimum atomic E-state index is 0.116. The first-order valence-electron chi connectivity index (χ1n) is 7.59. The summed E-state index contributed by atoms with van der Waals surface area (Å²) in [6, 6.07) is 8.01. The highest BCUT2D eigenvalue weighted by Gasteiger charge is 2.31. The van der Waals surface area contributed by atoms with Crippen molar-refractivity contribution in [2.75, 3.05) is 32.8 Å². The van der Waals surface area contributed by atoms with Crippen molar-refractivity contribution in [2.24, 2.45) is 5.92 Å². The maximum absolute atomic E-state index is 11.9. The maximum Gasteiger partial charge on any atom is 0.223 e. The summed E-state index contributed by atoms with van der Waals surface area (Å²) in [5.74, 6) is 0.418. The van der Waals surface area contributed by atoms with Crippen molar-refractivity contribution < 1.29 is 9.53 Å². The number of benzene rings is 1. The molecule has 1 saturated carbocycles. The molecule has 1 atom stereocenters. The van der Waals surface area contributed by atoms with Gasteiger partial charge in [0, 0.05) is 30.6 Å². The summed E-state index contributed by atoms with van der Waals surface area (Å²) < 4.78 is 5.43. The second kappa shape index (κ2) is 6.77. The summed E-state index contributed by atoms with van der Waals surface area (Å²) in [6.45, 7) is 3.82. The van der Waals surface area contributed by atoms with Crippen LogP contribution in [0.4, 0.5) is 0 Å². The zero-order valence-corrected chi connectivity index (χ0v) is 12.8. The molecule has 0 radical (unpaired) electrons. The van der Waals surface area contributed by atoms with Gasteiger partial charge in [-0.25, -0.2) is 0 Å². The highest BCUT2D eigenvalue weighted by molar-refractivity contribution is 6.31. The Labute approximate surface area is 130 Å². The van der Waals surface area contributed by atoms with Gasteiger partial charge in [-0.2, -0.15) is 0 Å².